The zero-order valence-corrected chi connectivity index (χ0v) is 11.3. The van der Waals surface area contributed by atoms with Crippen molar-refractivity contribution in [3.63, 3.8) is 0 Å². The van der Waals surface area contributed by atoms with Crippen LogP contribution in [0.2, 0.25) is 0 Å². The fourth-order valence-corrected chi connectivity index (χ4v) is 1.94. The van der Waals surface area contributed by atoms with Gasteiger partial charge in [-0.15, -0.1) is 0 Å². The van der Waals surface area contributed by atoms with Gasteiger partial charge in [0.15, 0.2) is 0 Å². The first kappa shape index (κ1) is 13.4. The molecule has 3 nitrogen and oxygen atoms in total. The largest absolute Gasteiger partial charge is 0.497 e. The second-order valence-corrected chi connectivity index (χ2v) is 4.44. The molecule has 2 rings (SSSR count). The Morgan fingerprint density at radius 2 is 1.84 bits per heavy atom. The molecular formula is C16H18O3. The van der Waals surface area contributed by atoms with E-state index in [-0.39, 0.29) is 5.97 Å². The van der Waals surface area contributed by atoms with Crippen molar-refractivity contribution in [2.75, 3.05) is 13.7 Å². The van der Waals surface area contributed by atoms with Crippen molar-refractivity contribution in [1.29, 1.82) is 0 Å². The summed E-state index contributed by atoms with van der Waals surface area (Å²) in [4.78, 5) is 11.6. The average molecular weight is 258 g/mol. The SMILES string of the molecule is CCCOC(=O)Cc1ccc2cc(OC)ccc2c1. The lowest BCUT2D eigenvalue weighted by atomic mass is 10.0. The minimum Gasteiger partial charge on any atom is -0.497 e. The predicted molar refractivity (Wildman–Crippen MR) is 75.5 cm³/mol. The number of carbonyl (C=O) groups excluding carboxylic acids is 1. The first-order valence-corrected chi connectivity index (χ1v) is 6.45. The molecular weight excluding hydrogens is 240 g/mol. The Balaban J connectivity index is 2.15. The van der Waals surface area contributed by atoms with Gasteiger partial charge in [0.25, 0.3) is 0 Å². The quantitative estimate of drug-likeness (QED) is 0.771. The van der Waals surface area contributed by atoms with Crippen molar-refractivity contribution in [3.05, 3.63) is 42.0 Å². The van der Waals surface area contributed by atoms with E-state index in [0.717, 1.165) is 28.5 Å². The van der Waals surface area contributed by atoms with E-state index in [9.17, 15) is 4.79 Å². The van der Waals surface area contributed by atoms with Crippen molar-refractivity contribution < 1.29 is 14.3 Å². The number of benzene rings is 2. The van der Waals surface area contributed by atoms with Crippen LogP contribution in [0.4, 0.5) is 0 Å². The van der Waals surface area contributed by atoms with Gasteiger partial charge in [-0.3, -0.25) is 4.79 Å². The summed E-state index contributed by atoms with van der Waals surface area (Å²) in [6.45, 7) is 2.47. The van der Waals surface area contributed by atoms with Crippen LogP contribution in [-0.4, -0.2) is 19.7 Å². The molecule has 2 aromatic carbocycles. The number of carbonyl (C=O) groups is 1. The van der Waals surface area contributed by atoms with Crippen LogP contribution >= 0.6 is 0 Å². The molecule has 0 saturated heterocycles. The number of ether oxygens (including phenoxy) is 2. The Morgan fingerprint density at radius 1 is 1.11 bits per heavy atom. The first-order valence-electron chi connectivity index (χ1n) is 6.45. The van der Waals surface area contributed by atoms with Crippen LogP contribution in [0.3, 0.4) is 0 Å². The van der Waals surface area contributed by atoms with Gasteiger partial charge in [0, 0.05) is 0 Å². The fourth-order valence-electron chi connectivity index (χ4n) is 1.94. The van der Waals surface area contributed by atoms with Gasteiger partial charge in [-0.2, -0.15) is 0 Å². The molecule has 0 aromatic heterocycles. The van der Waals surface area contributed by atoms with Gasteiger partial charge >= 0.3 is 5.97 Å². The van der Waals surface area contributed by atoms with Gasteiger partial charge in [-0.25, -0.2) is 0 Å². The highest BCUT2D eigenvalue weighted by atomic mass is 16.5. The van der Waals surface area contributed by atoms with Gasteiger partial charge in [0.2, 0.25) is 0 Å². The summed E-state index contributed by atoms with van der Waals surface area (Å²) in [6.07, 6.45) is 1.17. The molecule has 0 amide bonds. The van der Waals surface area contributed by atoms with Crippen molar-refractivity contribution in [2.24, 2.45) is 0 Å². The van der Waals surface area contributed by atoms with Crippen LogP contribution in [0, 0.1) is 0 Å². The van der Waals surface area contributed by atoms with Gasteiger partial charge in [-0.1, -0.05) is 31.2 Å². The maximum atomic E-state index is 11.6. The van der Waals surface area contributed by atoms with Crippen molar-refractivity contribution in [2.45, 2.75) is 19.8 Å². The van der Waals surface area contributed by atoms with E-state index < -0.39 is 0 Å². The molecule has 0 aliphatic rings. The summed E-state index contributed by atoms with van der Waals surface area (Å²) in [5, 5.41) is 2.20. The third-order valence-corrected chi connectivity index (χ3v) is 2.93. The summed E-state index contributed by atoms with van der Waals surface area (Å²) in [5.74, 6) is 0.664. The van der Waals surface area contributed by atoms with Crippen molar-refractivity contribution in [3.8, 4) is 5.75 Å². The van der Waals surface area contributed by atoms with E-state index in [4.69, 9.17) is 9.47 Å². The minimum absolute atomic E-state index is 0.172. The standard InChI is InChI=1S/C16H18O3/c1-3-8-19-16(17)10-12-4-5-14-11-15(18-2)7-6-13(14)9-12/h4-7,9,11H,3,8,10H2,1-2H3. The minimum atomic E-state index is -0.172. The lowest BCUT2D eigenvalue weighted by Crippen LogP contribution is -2.08. The smallest absolute Gasteiger partial charge is 0.310 e. The Kier molecular flexibility index (Phi) is 4.39. The molecule has 0 aliphatic heterocycles. The number of fused-ring (bicyclic) bond motifs is 1. The number of hydrogen-bond acceptors (Lipinski definition) is 3. The molecule has 0 spiro atoms. The Labute approximate surface area is 113 Å². The average Bonchev–Trinajstić information content (AvgIpc) is 2.44. The maximum Gasteiger partial charge on any atom is 0.310 e. The van der Waals surface area contributed by atoms with E-state index >= 15 is 0 Å². The molecule has 0 fully saturated rings. The van der Waals surface area contributed by atoms with Gasteiger partial charge in [-0.05, 0) is 34.9 Å². The van der Waals surface area contributed by atoms with Crippen molar-refractivity contribution in [1.82, 2.24) is 0 Å². The van der Waals surface area contributed by atoms with Crippen LogP contribution in [0.5, 0.6) is 5.75 Å². The molecule has 0 atom stereocenters. The van der Waals surface area contributed by atoms with Crippen molar-refractivity contribution >= 4 is 16.7 Å². The van der Waals surface area contributed by atoms with E-state index in [1.54, 1.807) is 7.11 Å². The molecule has 0 saturated carbocycles. The fraction of sp³-hybridized carbons (Fsp3) is 0.312. The Morgan fingerprint density at radius 3 is 2.58 bits per heavy atom. The number of esters is 1. The summed E-state index contributed by atoms with van der Waals surface area (Å²) in [5.41, 5.74) is 0.971. The molecule has 0 heterocycles. The van der Waals surface area contributed by atoms with Crippen LogP contribution in [0.25, 0.3) is 10.8 Å². The Hall–Kier alpha value is -2.03. The second kappa shape index (κ2) is 6.23. The topological polar surface area (TPSA) is 35.5 Å². The zero-order chi connectivity index (χ0) is 13.7. The molecule has 0 aliphatic carbocycles. The normalized spacial score (nSPS) is 10.4. The highest BCUT2D eigenvalue weighted by molar-refractivity contribution is 5.85. The molecule has 19 heavy (non-hydrogen) atoms. The summed E-state index contributed by atoms with van der Waals surface area (Å²) in [6, 6.07) is 11.9. The van der Waals surface area contributed by atoms with Gasteiger partial charge in [0.05, 0.1) is 20.1 Å². The van der Waals surface area contributed by atoms with E-state index in [2.05, 4.69) is 0 Å². The highest BCUT2D eigenvalue weighted by Crippen LogP contribution is 2.22. The monoisotopic (exact) mass is 258 g/mol. The van der Waals surface area contributed by atoms with Crippen LogP contribution in [-0.2, 0) is 16.0 Å². The second-order valence-electron chi connectivity index (χ2n) is 4.44. The lowest BCUT2D eigenvalue weighted by molar-refractivity contribution is -0.142. The summed E-state index contributed by atoms with van der Waals surface area (Å²) < 4.78 is 10.3. The van der Waals surface area contributed by atoms with E-state index in [1.807, 2.05) is 43.3 Å². The molecule has 2 aromatic rings. The van der Waals surface area contributed by atoms with Crippen LogP contribution in [0.1, 0.15) is 18.9 Å². The third kappa shape index (κ3) is 3.47. The van der Waals surface area contributed by atoms with Gasteiger partial charge < -0.3 is 9.47 Å². The Bertz CT molecular complexity index is 575. The van der Waals surface area contributed by atoms with E-state index in [1.165, 1.54) is 0 Å². The maximum absolute atomic E-state index is 11.6. The molecule has 0 bridgehead atoms. The van der Waals surface area contributed by atoms with Crippen LogP contribution < -0.4 is 4.74 Å². The first-order chi connectivity index (χ1) is 9.22. The van der Waals surface area contributed by atoms with Gasteiger partial charge in [0.1, 0.15) is 5.75 Å². The zero-order valence-electron chi connectivity index (χ0n) is 11.3. The molecule has 3 heteroatoms. The molecule has 0 N–H and O–H groups in total. The number of rotatable bonds is 5. The lowest BCUT2D eigenvalue weighted by Gasteiger charge is -2.06. The van der Waals surface area contributed by atoms with Crippen LogP contribution in [0.15, 0.2) is 36.4 Å². The molecule has 100 valence electrons. The molecule has 0 unspecified atom stereocenters. The summed E-state index contributed by atoms with van der Waals surface area (Å²) >= 11 is 0. The number of hydrogen-bond donors (Lipinski definition) is 0. The highest BCUT2D eigenvalue weighted by Gasteiger charge is 2.05. The predicted octanol–water partition coefficient (Wildman–Crippen LogP) is 3.34. The number of methoxy groups -OCH3 is 1. The summed E-state index contributed by atoms with van der Waals surface area (Å²) in [7, 11) is 1.65. The molecule has 0 radical (unpaired) electrons. The third-order valence-electron chi connectivity index (χ3n) is 2.93. The van der Waals surface area contributed by atoms with E-state index in [0.29, 0.717) is 13.0 Å².